The molecule has 4 aromatic rings. The van der Waals surface area contributed by atoms with Gasteiger partial charge in [-0.05, 0) is 72.4 Å². The number of H-pyrrole nitrogens is 1. The van der Waals surface area contributed by atoms with Gasteiger partial charge in [-0.3, -0.25) is 9.69 Å². The highest BCUT2D eigenvalue weighted by atomic mass is 16.1. The first kappa shape index (κ1) is 24.4. The zero-order valence-corrected chi connectivity index (χ0v) is 21.6. The molecule has 36 heavy (non-hydrogen) atoms. The summed E-state index contributed by atoms with van der Waals surface area (Å²) in [6.07, 6.45) is 6.82. The van der Waals surface area contributed by atoms with Crippen LogP contribution >= 0.6 is 0 Å². The smallest absolute Gasteiger partial charge is 0.252 e. The molecule has 5 rings (SSSR count). The Balaban J connectivity index is 1.54. The molecule has 1 N–H and O–H groups in total. The highest BCUT2D eigenvalue weighted by molar-refractivity contribution is 5.83. The van der Waals surface area contributed by atoms with Gasteiger partial charge >= 0.3 is 0 Å². The predicted octanol–water partition coefficient (Wildman–Crippen LogP) is 5.79. The predicted molar refractivity (Wildman–Crippen MR) is 143 cm³/mol. The van der Waals surface area contributed by atoms with Crippen molar-refractivity contribution in [3.05, 3.63) is 87.0 Å². The van der Waals surface area contributed by atoms with Gasteiger partial charge in [0.2, 0.25) is 0 Å². The second-order valence-corrected chi connectivity index (χ2v) is 10.3. The lowest BCUT2D eigenvalue weighted by Gasteiger charge is -2.32. The average Bonchev–Trinajstić information content (AvgIpc) is 3.36. The van der Waals surface area contributed by atoms with Gasteiger partial charge in [0.05, 0.1) is 12.1 Å². The van der Waals surface area contributed by atoms with Gasteiger partial charge in [-0.2, -0.15) is 0 Å². The third-order valence-corrected chi connectivity index (χ3v) is 7.56. The van der Waals surface area contributed by atoms with Crippen molar-refractivity contribution in [3.63, 3.8) is 0 Å². The second kappa shape index (κ2) is 10.7. The van der Waals surface area contributed by atoms with Gasteiger partial charge in [-0.1, -0.05) is 62.6 Å². The molecule has 1 aliphatic carbocycles. The van der Waals surface area contributed by atoms with E-state index in [2.05, 4.69) is 87.3 Å². The lowest BCUT2D eigenvalue weighted by molar-refractivity contribution is 0.155. The number of hydrogen-bond donors (Lipinski definition) is 1. The summed E-state index contributed by atoms with van der Waals surface area (Å²) in [5, 5.41) is 14.2. The molecule has 7 nitrogen and oxygen atoms in total. The summed E-state index contributed by atoms with van der Waals surface area (Å²) >= 11 is 0. The SMILES string of the molecule is CCC(c1nnnn1C1CCCCC1)N(Cc1ccccc1)Cc1cc2c(C)cc(C)cc2[nH]c1=O. The molecule has 1 aliphatic rings. The highest BCUT2D eigenvalue weighted by Gasteiger charge is 2.29. The number of rotatable bonds is 8. The van der Waals surface area contributed by atoms with E-state index in [1.165, 1.54) is 30.4 Å². The van der Waals surface area contributed by atoms with Crippen LogP contribution in [0.2, 0.25) is 0 Å². The first-order valence-electron chi connectivity index (χ1n) is 13.2. The number of fused-ring (bicyclic) bond motifs is 1. The van der Waals surface area contributed by atoms with E-state index in [9.17, 15) is 4.79 Å². The third-order valence-electron chi connectivity index (χ3n) is 7.56. The van der Waals surface area contributed by atoms with E-state index in [1.807, 2.05) is 12.1 Å². The van der Waals surface area contributed by atoms with Crippen LogP contribution in [0.5, 0.6) is 0 Å². The first-order chi connectivity index (χ1) is 17.5. The Morgan fingerprint density at radius 2 is 1.83 bits per heavy atom. The van der Waals surface area contributed by atoms with Crippen LogP contribution in [-0.2, 0) is 13.1 Å². The third kappa shape index (κ3) is 5.12. The van der Waals surface area contributed by atoms with Crippen LogP contribution in [0.3, 0.4) is 0 Å². The van der Waals surface area contributed by atoms with Gasteiger partial charge in [0.1, 0.15) is 0 Å². The quantitative estimate of drug-likeness (QED) is 0.342. The van der Waals surface area contributed by atoms with E-state index in [1.54, 1.807) is 0 Å². The molecule has 0 radical (unpaired) electrons. The van der Waals surface area contributed by atoms with E-state index in [0.717, 1.165) is 47.1 Å². The number of aromatic amines is 1. The summed E-state index contributed by atoms with van der Waals surface area (Å²) in [6.45, 7) is 7.57. The normalized spacial score (nSPS) is 15.6. The number of benzene rings is 2. The summed E-state index contributed by atoms with van der Waals surface area (Å²) < 4.78 is 2.07. The summed E-state index contributed by atoms with van der Waals surface area (Å²) in [5.74, 6) is 0.907. The molecule has 0 amide bonds. The molecular formula is C29H36N6O. The van der Waals surface area contributed by atoms with Crippen LogP contribution in [0.1, 0.15) is 85.6 Å². The Morgan fingerprint density at radius 1 is 1.06 bits per heavy atom. The summed E-state index contributed by atoms with van der Waals surface area (Å²) in [5.41, 5.74) is 5.15. The average molecular weight is 485 g/mol. The first-order valence-corrected chi connectivity index (χ1v) is 13.2. The molecule has 0 aliphatic heterocycles. The molecule has 2 aromatic heterocycles. The molecule has 1 atom stereocenters. The number of aryl methyl sites for hydroxylation is 2. The van der Waals surface area contributed by atoms with E-state index >= 15 is 0 Å². The summed E-state index contributed by atoms with van der Waals surface area (Å²) in [4.78, 5) is 18.7. The van der Waals surface area contributed by atoms with Crippen molar-refractivity contribution in [1.29, 1.82) is 0 Å². The zero-order valence-electron chi connectivity index (χ0n) is 21.6. The molecule has 0 spiro atoms. The minimum Gasteiger partial charge on any atom is -0.322 e. The number of nitrogens with zero attached hydrogens (tertiary/aromatic N) is 5. The van der Waals surface area contributed by atoms with Crippen molar-refractivity contribution in [2.24, 2.45) is 0 Å². The minimum absolute atomic E-state index is 0.00338. The fraction of sp³-hybridized carbons (Fsp3) is 0.448. The van der Waals surface area contributed by atoms with Crippen molar-refractivity contribution in [3.8, 4) is 0 Å². The molecule has 1 saturated carbocycles. The molecule has 0 bridgehead atoms. The maximum absolute atomic E-state index is 13.2. The molecule has 2 heterocycles. The molecule has 2 aromatic carbocycles. The van der Waals surface area contributed by atoms with Crippen LogP contribution in [0, 0.1) is 13.8 Å². The van der Waals surface area contributed by atoms with Crippen LogP contribution in [-0.4, -0.2) is 30.1 Å². The van der Waals surface area contributed by atoms with Gasteiger partial charge < -0.3 is 4.98 Å². The van der Waals surface area contributed by atoms with Crippen LogP contribution in [0.25, 0.3) is 10.9 Å². The molecular weight excluding hydrogens is 448 g/mol. The molecule has 188 valence electrons. The minimum atomic E-state index is -0.0349. The van der Waals surface area contributed by atoms with Gasteiger partial charge in [0.15, 0.2) is 5.82 Å². The fourth-order valence-corrected chi connectivity index (χ4v) is 5.76. The van der Waals surface area contributed by atoms with Crippen molar-refractivity contribution in [1.82, 2.24) is 30.1 Å². The van der Waals surface area contributed by atoms with Gasteiger partial charge in [-0.15, -0.1) is 5.10 Å². The monoisotopic (exact) mass is 484 g/mol. The largest absolute Gasteiger partial charge is 0.322 e. The van der Waals surface area contributed by atoms with E-state index in [-0.39, 0.29) is 11.6 Å². The Bertz CT molecular complexity index is 1370. The van der Waals surface area contributed by atoms with Gasteiger partial charge in [0, 0.05) is 29.6 Å². The standard InChI is InChI=1S/C29H36N6O/c1-4-27(28-31-32-33-35(28)24-13-9-6-10-14-24)34(18-22-11-7-5-8-12-22)19-23-17-25-21(3)15-20(2)16-26(25)30-29(23)36/h5,7-8,11-12,15-17,24,27H,4,6,9-10,13-14,18-19H2,1-3H3,(H,30,36). The van der Waals surface area contributed by atoms with Crippen molar-refractivity contribution < 1.29 is 0 Å². The second-order valence-electron chi connectivity index (χ2n) is 10.3. The summed E-state index contributed by atoms with van der Waals surface area (Å²) in [7, 11) is 0. The molecule has 1 fully saturated rings. The van der Waals surface area contributed by atoms with Crippen molar-refractivity contribution in [2.45, 2.75) is 84.5 Å². The topological polar surface area (TPSA) is 79.7 Å². The number of aromatic nitrogens is 5. The van der Waals surface area contributed by atoms with Crippen molar-refractivity contribution in [2.75, 3.05) is 0 Å². The maximum atomic E-state index is 13.2. The Hall–Kier alpha value is -3.32. The molecule has 7 heteroatoms. The van der Waals surface area contributed by atoms with E-state index < -0.39 is 0 Å². The van der Waals surface area contributed by atoms with Gasteiger partial charge in [0.25, 0.3) is 5.56 Å². The van der Waals surface area contributed by atoms with E-state index in [4.69, 9.17) is 0 Å². The summed E-state index contributed by atoms with van der Waals surface area (Å²) in [6, 6.07) is 17.1. The number of tetrazole rings is 1. The highest BCUT2D eigenvalue weighted by Crippen LogP contribution is 2.33. The number of nitrogens with one attached hydrogen (secondary N) is 1. The zero-order chi connectivity index (χ0) is 25.1. The fourth-order valence-electron chi connectivity index (χ4n) is 5.76. The lowest BCUT2D eigenvalue weighted by atomic mass is 9.95. The van der Waals surface area contributed by atoms with Crippen LogP contribution in [0.15, 0.2) is 53.3 Å². The number of hydrogen-bond acceptors (Lipinski definition) is 5. The lowest BCUT2D eigenvalue weighted by Crippen LogP contribution is -2.33. The molecule has 1 unspecified atom stereocenters. The maximum Gasteiger partial charge on any atom is 0.252 e. The van der Waals surface area contributed by atoms with Gasteiger partial charge in [-0.25, -0.2) is 4.68 Å². The van der Waals surface area contributed by atoms with Crippen LogP contribution in [0.4, 0.5) is 0 Å². The molecule has 0 saturated heterocycles. The Kier molecular flexibility index (Phi) is 7.28. The number of pyridine rings is 1. The Morgan fingerprint density at radius 3 is 2.58 bits per heavy atom. The van der Waals surface area contributed by atoms with Crippen LogP contribution < -0.4 is 5.56 Å². The van der Waals surface area contributed by atoms with Crippen molar-refractivity contribution >= 4 is 10.9 Å². The Labute approximate surface area is 212 Å². The van der Waals surface area contributed by atoms with E-state index in [0.29, 0.717) is 19.1 Å².